The molecule has 0 radical (unpaired) electrons. The Morgan fingerprint density at radius 2 is 2.21 bits per heavy atom. The van der Waals surface area contributed by atoms with E-state index in [1.54, 1.807) is 7.05 Å². The zero-order chi connectivity index (χ0) is 21.4. The third kappa shape index (κ3) is 6.42. The fraction of sp³-hybridized carbons (Fsp3) is 0.500. The first-order valence-electron chi connectivity index (χ1n) is 9.21. The van der Waals surface area contributed by atoms with E-state index in [1.807, 2.05) is 0 Å². The molecule has 4 unspecified atom stereocenters. The summed E-state index contributed by atoms with van der Waals surface area (Å²) in [7, 11) is 1.65. The smallest absolute Gasteiger partial charge is 0.333 e. The number of benzene rings is 1. The number of nitrogens with one attached hydrogen (secondary N) is 2. The van der Waals surface area contributed by atoms with Crippen LogP contribution in [0.4, 0.5) is 10.1 Å². The molecular weight excluding hydrogens is 383 g/mol. The Hall–Kier alpha value is -2.67. The Labute approximate surface area is 168 Å². The minimum absolute atomic E-state index is 0.0392. The summed E-state index contributed by atoms with van der Waals surface area (Å²) in [5.74, 6) is 1.12. The summed E-state index contributed by atoms with van der Waals surface area (Å²) in [5.41, 5.74) is 0.534. The van der Waals surface area contributed by atoms with Gasteiger partial charge in [-0.05, 0) is 31.7 Å². The number of hydrogen-bond acceptors (Lipinski definition) is 6. The summed E-state index contributed by atoms with van der Waals surface area (Å²) < 4.78 is 24.4. The van der Waals surface area contributed by atoms with Gasteiger partial charge in [0, 0.05) is 30.5 Å². The van der Waals surface area contributed by atoms with Crippen LogP contribution in [-0.2, 0) is 21.0 Å². The Bertz CT molecular complexity index is 766. The lowest BCUT2D eigenvalue weighted by molar-refractivity contribution is -0.195. The Morgan fingerprint density at radius 1 is 1.45 bits per heavy atom. The number of aliphatic hydroxyl groups is 1. The zero-order valence-electron chi connectivity index (χ0n) is 16.1. The molecule has 1 aromatic carbocycles. The molecule has 1 aliphatic rings. The van der Waals surface area contributed by atoms with Crippen molar-refractivity contribution in [3.63, 3.8) is 0 Å². The number of terminal acetylenes is 1. The third-order valence-corrected chi connectivity index (χ3v) is 4.51. The molecule has 0 aliphatic carbocycles. The van der Waals surface area contributed by atoms with Crippen LogP contribution in [-0.4, -0.2) is 53.7 Å². The zero-order valence-corrected chi connectivity index (χ0v) is 16.1. The number of anilines is 1. The molecule has 1 saturated heterocycles. The highest BCUT2D eigenvalue weighted by Gasteiger charge is 2.34. The van der Waals surface area contributed by atoms with Crippen molar-refractivity contribution in [3.05, 3.63) is 23.8 Å². The van der Waals surface area contributed by atoms with Crippen molar-refractivity contribution in [3.8, 4) is 18.1 Å². The van der Waals surface area contributed by atoms with Gasteiger partial charge in [0.25, 0.3) is 0 Å². The Balaban J connectivity index is 2.07. The molecule has 1 aromatic rings. The van der Waals surface area contributed by atoms with Gasteiger partial charge in [0.15, 0.2) is 6.10 Å². The van der Waals surface area contributed by atoms with E-state index in [4.69, 9.17) is 21.0 Å². The van der Waals surface area contributed by atoms with Crippen LogP contribution >= 0.6 is 0 Å². The number of hydrogen-bond donors (Lipinski definition) is 4. The van der Waals surface area contributed by atoms with Crippen LogP contribution in [0.1, 0.15) is 31.2 Å². The lowest BCUT2D eigenvalue weighted by Crippen LogP contribution is -2.42. The molecule has 4 N–H and O–H groups in total. The van der Waals surface area contributed by atoms with Crippen LogP contribution in [0.15, 0.2) is 18.2 Å². The second-order valence-corrected chi connectivity index (χ2v) is 6.67. The lowest BCUT2D eigenvalue weighted by atomic mass is 10.1. The second kappa shape index (κ2) is 10.8. The van der Waals surface area contributed by atoms with Gasteiger partial charge in [0.2, 0.25) is 12.2 Å². The van der Waals surface area contributed by atoms with Crippen LogP contribution in [0.2, 0.25) is 0 Å². The number of amides is 1. The maximum absolute atomic E-state index is 13.5. The van der Waals surface area contributed by atoms with Gasteiger partial charge in [-0.2, -0.15) is 0 Å². The van der Waals surface area contributed by atoms with Crippen molar-refractivity contribution in [1.82, 2.24) is 5.32 Å². The summed E-state index contributed by atoms with van der Waals surface area (Å²) in [6, 6.07) is 3.94. The predicted molar refractivity (Wildman–Crippen MR) is 103 cm³/mol. The van der Waals surface area contributed by atoms with Gasteiger partial charge in [0.1, 0.15) is 12.4 Å². The van der Waals surface area contributed by atoms with Crippen molar-refractivity contribution in [2.45, 2.75) is 56.9 Å². The van der Waals surface area contributed by atoms with Crippen LogP contribution in [0.3, 0.4) is 0 Å². The third-order valence-electron chi connectivity index (χ3n) is 4.51. The summed E-state index contributed by atoms with van der Waals surface area (Å²) >= 11 is 0. The number of carbonyl (C=O) groups excluding carboxylic acids is 1. The fourth-order valence-electron chi connectivity index (χ4n) is 2.98. The fourth-order valence-corrected chi connectivity index (χ4v) is 2.98. The van der Waals surface area contributed by atoms with E-state index in [0.29, 0.717) is 18.5 Å². The molecule has 29 heavy (non-hydrogen) atoms. The first-order chi connectivity index (χ1) is 13.9. The van der Waals surface area contributed by atoms with Gasteiger partial charge in [0.05, 0.1) is 12.1 Å². The number of carboxylic acids is 1. The quantitative estimate of drug-likeness (QED) is 0.457. The van der Waals surface area contributed by atoms with Crippen molar-refractivity contribution in [2.75, 3.05) is 12.4 Å². The van der Waals surface area contributed by atoms with Crippen molar-refractivity contribution in [1.29, 1.82) is 0 Å². The summed E-state index contributed by atoms with van der Waals surface area (Å²) in [5, 5.41) is 24.5. The molecule has 0 aromatic heterocycles. The highest BCUT2D eigenvalue weighted by atomic mass is 19.1. The van der Waals surface area contributed by atoms with E-state index >= 15 is 0 Å². The average molecular weight is 408 g/mol. The highest BCUT2D eigenvalue weighted by Crippen LogP contribution is 2.28. The molecule has 1 heterocycles. The van der Waals surface area contributed by atoms with E-state index < -0.39 is 37.2 Å². The lowest BCUT2D eigenvalue weighted by Gasteiger charge is -2.31. The number of carbonyl (C=O) groups is 2. The molecule has 158 valence electrons. The second-order valence-electron chi connectivity index (χ2n) is 6.67. The molecule has 0 saturated carbocycles. The Morgan fingerprint density at radius 3 is 2.83 bits per heavy atom. The van der Waals surface area contributed by atoms with E-state index in [2.05, 4.69) is 16.6 Å². The average Bonchev–Trinajstić information content (AvgIpc) is 2.69. The number of aliphatic hydroxyl groups excluding tert-OH is 1. The van der Waals surface area contributed by atoms with Crippen molar-refractivity contribution in [2.24, 2.45) is 0 Å². The molecule has 1 aliphatic heterocycles. The van der Waals surface area contributed by atoms with Crippen LogP contribution < -0.4 is 15.4 Å². The largest absolute Gasteiger partial charge is 0.479 e. The number of likely N-dealkylation sites (N-methyl/N-ethyl adjacent to an activating group) is 1. The van der Waals surface area contributed by atoms with Crippen molar-refractivity contribution >= 4 is 17.6 Å². The van der Waals surface area contributed by atoms with Gasteiger partial charge in [-0.1, -0.05) is 0 Å². The minimum atomic E-state index is -1.20. The topological polar surface area (TPSA) is 117 Å². The number of rotatable bonds is 9. The number of halogens is 1. The van der Waals surface area contributed by atoms with Gasteiger partial charge in [-0.3, -0.25) is 4.79 Å². The van der Waals surface area contributed by atoms with Gasteiger partial charge >= 0.3 is 5.97 Å². The molecule has 0 spiro atoms. The standard InChI is InChI=1S/C20H25FN2O6/c1-3-4-5-15(22-2)19(25)23-13-6-7-16(12(8-13)11-21)28-18-10-14(24)9-17(29-18)20(26)27/h1,6-8,14-15,17-18,22,24H,4-5,9-11H2,2H3,(H,23,25)(H,26,27). The number of aliphatic carboxylic acids is 1. The SMILES string of the molecule is C#CCCC(NC)C(=O)Nc1ccc(OC2CC(O)CC(C(=O)O)O2)c(CF)c1. The molecule has 1 amide bonds. The molecule has 0 bridgehead atoms. The van der Waals surface area contributed by atoms with Crippen LogP contribution in [0.25, 0.3) is 0 Å². The molecule has 4 atom stereocenters. The van der Waals surface area contributed by atoms with Crippen LogP contribution in [0, 0.1) is 12.3 Å². The first-order valence-corrected chi connectivity index (χ1v) is 9.21. The predicted octanol–water partition coefficient (Wildman–Crippen LogP) is 1.43. The maximum Gasteiger partial charge on any atom is 0.333 e. The van der Waals surface area contributed by atoms with E-state index in [1.165, 1.54) is 18.2 Å². The molecule has 1 fully saturated rings. The normalized spacial score (nSPS) is 22.3. The number of ether oxygens (including phenoxy) is 2. The molecular formula is C20H25FN2O6. The van der Waals surface area contributed by atoms with Crippen molar-refractivity contribution < 1.29 is 33.7 Å². The Kier molecular flexibility index (Phi) is 8.39. The van der Waals surface area contributed by atoms with E-state index in [9.17, 15) is 19.1 Å². The van der Waals surface area contributed by atoms with E-state index in [0.717, 1.165) is 0 Å². The first kappa shape index (κ1) is 22.6. The monoisotopic (exact) mass is 408 g/mol. The summed E-state index contributed by atoms with van der Waals surface area (Å²) in [4.78, 5) is 23.4. The summed E-state index contributed by atoms with van der Waals surface area (Å²) in [6.07, 6.45) is 3.02. The number of alkyl halides is 1. The van der Waals surface area contributed by atoms with Crippen LogP contribution in [0.5, 0.6) is 5.75 Å². The minimum Gasteiger partial charge on any atom is -0.479 e. The molecule has 9 heteroatoms. The highest BCUT2D eigenvalue weighted by molar-refractivity contribution is 5.95. The molecule has 8 nitrogen and oxygen atoms in total. The van der Waals surface area contributed by atoms with E-state index in [-0.39, 0.29) is 30.1 Å². The van der Waals surface area contributed by atoms with Gasteiger partial charge in [-0.15, -0.1) is 12.3 Å². The maximum atomic E-state index is 13.5. The van der Waals surface area contributed by atoms with Gasteiger partial charge in [-0.25, -0.2) is 9.18 Å². The molecule has 2 rings (SSSR count). The summed E-state index contributed by atoms with van der Waals surface area (Å²) in [6.45, 7) is -0.872. The number of carboxylic acid groups (broad SMARTS) is 1. The van der Waals surface area contributed by atoms with Gasteiger partial charge < -0.3 is 30.3 Å².